The van der Waals surface area contributed by atoms with Crippen molar-refractivity contribution in [2.45, 2.75) is 13.5 Å². The highest BCUT2D eigenvalue weighted by molar-refractivity contribution is 7.80. The molecule has 0 aliphatic carbocycles. The summed E-state index contributed by atoms with van der Waals surface area (Å²) < 4.78 is 9.96. The van der Waals surface area contributed by atoms with Crippen molar-refractivity contribution in [1.29, 1.82) is 0 Å². The van der Waals surface area contributed by atoms with Gasteiger partial charge in [0.25, 0.3) is 0 Å². The van der Waals surface area contributed by atoms with Gasteiger partial charge in [0, 0.05) is 5.69 Å². The number of esters is 1. The van der Waals surface area contributed by atoms with Crippen LogP contribution < -0.4 is 10.6 Å². The van der Waals surface area contributed by atoms with E-state index in [0.717, 1.165) is 17.0 Å². The number of hydrogen-bond acceptors (Lipinski definition) is 4. The van der Waals surface area contributed by atoms with Crippen molar-refractivity contribution in [3.05, 3.63) is 53.5 Å². The van der Waals surface area contributed by atoms with E-state index in [4.69, 9.17) is 21.4 Å². The highest BCUT2D eigenvalue weighted by Gasteiger charge is 2.12. The van der Waals surface area contributed by atoms with Gasteiger partial charge in [-0.05, 0) is 49.0 Å². The van der Waals surface area contributed by atoms with Crippen LogP contribution in [0.5, 0.6) is 0 Å². The molecular weight excluding hydrogens is 288 g/mol. The summed E-state index contributed by atoms with van der Waals surface area (Å²) in [5.41, 5.74) is 2.05. The summed E-state index contributed by atoms with van der Waals surface area (Å²) in [7, 11) is 1.36. The molecule has 2 aromatic rings. The number of rotatable bonds is 4. The number of carbonyl (C=O) groups excluding carboxylic acids is 1. The van der Waals surface area contributed by atoms with Crippen LogP contribution in [-0.4, -0.2) is 18.2 Å². The summed E-state index contributed by atoms with van der Waals surface area (Å²) >= 11 is 5.23. The Morgan fingerprint density at radius 2 is 2.14 bits per heavy atom. The highest BCUT2D eigenvalue weighted by atomic mass is 32.1. The molecule has 2 rings (SSSR count). The number of carbonyl (C=O) groups is 1. The van der Waals surface area contributed by atoms with Crippen LogP contribution in [0.25, 0.3) is 0 Å². The fourth-order valence-electron chi connectivity index (χ4n) is 1.85. The molecule has 0 spiro atoms. The summed E-state index contributed by atoms with van der Waals surface area (Å²) in [4.78, 5) is 11.6. The molecule has 6 heteroatoms. The zero-order valence-corrected chi connectivity index (χ0v) is 12.6. The van der Waals surface area contributed by atoms with Crippen LogP contribution in [0.2, 0.25) is 0 Å². The molecule has 0 radical (unpaired) electrons. The van der Waals surface area contributed by atoms with E-state index in [9.17, 15) is 4.79 Å². The maximum absolute atomic E-state index is 11.6. The third-order valence-corrected chi connectivity index (χ3v) is 3.24. The van der Waals surface area contributed by atoms with Crippen LogP contribution in [0.1, 0.15) is 21.7 Å². The normalized spacial score (nSPS) is 10.0. The minimum atomic E-state index is -0.370. The summed E-state index contributed by atoms with van der Waals surface area (Å²) in [6.45, 7) is 2.33. The first-order valence-corrected chi connectivity index (χ1v) is 6.78. The molecule has 0 amide bonds. The Morgan fingerprint density at radius 1 is 1.33 bits per heavy atom. The van der Waals surface area contributed by atoms with Gasteiger partial charge in [0.1, 0.15) is 5.76 Å². The Hall–Kier alpha value is -2.34. The minimum Gasteiger partial charge on any atom is -0.467 e. The number of anilines is 1. The summed E-state index contributed by atoms with van der Waals surface area (Å²) in [6, 6.07) is 9.02. The largest absolute Gasteiger partial charge is 0.467 e. The van der Waals surface area contributed by atoms with E-state index in [1.165, 1.54) is 7.11 Å². The second-order valence-corrected chi connectivity index (χ2v) is 4.77. The van der Waals surface area contributed by atoms with Gasteiger partial charge in [0.15, 0.2) is 5.11 Å². The van der Waals surface area contributed by atoms with E-state index in [2.05, 4.69) is 10.6 Å². The molecule has 21 heavy (non-hydrogen) atoms. The molecule has 1 aromatic heterocycles. The van der Waals surface area contributed by atoms with Crippen LogP contribution in [0.3, 0.4) is 0 Å². The van der Waals surface area contributed by atoms with Gasteiger partial charge in [0.2, 0.25) is 0 Å². The Bertz CT molecular complexity index is 638. The van der Waals surface area contributed by atoms with Gasteiger partial charge in [0.05, 0.1) is 25.5 Å². The van der Waals surface area contributed by atoms with Crippen LogP contribution in [0.15, 0.2) is 41.0 Å². The van der Waals surface area contributed by atoms with E-state index in [-0.39, 0.29) is 5.97 Å². The van der Waals surface area contributed by atoms with Crippen LogP contribution in [-0.2, 0) is 11.3 Å². The third kappa shape index (κ3) is 3.82. The van der Waals surface area contributed by atoms with Crippen LogP contribution in [0, 0.1) is 6.92 Å². The van der Waals surface area contributed by atoms with E-state index >= 15 is 0 Å². The van der Waals surface area contributed by atoms with Crippen molar-refractivity contribution < 1.29 is 13.9 Å². The van der Waals surface area contributed by atoms with Crippen molar-refractivity contribution in [2.75, 3.05) is 12.4 Å². The van der Waals surface area contributed by atoms with Crippen LogP contribution >= 0.6 is 12.2 Å². The van der Waals surface area contributed by atoms with Gasteiger partial charge in [-0.3, -0.25) is 0 Å². The van der Waals surface area contributed by atoms with Crippen LogP contribution in [0.4, 0.5) is 5.69 Å². The maximum atomic E-state index is 11.6. The Kier molecular flexibility index (Phi) is 4.94. The molecule has 0 saturated heterocycles. The lowest BCUT2D eigenvalue weighted by atomic mass is 10.1. The summed E-state index contributed by atoms with van der Waals surface area (Å²) in [5.74, 6) is 0.421. The third-order valence-electron chi connectivity index (χ3n) is 2.99. The molecule has 1 aromatic carbocycles. The number of furan rings is 1. The van der Waals surface area contributed by atoms with E-state index in [1.807, 2.05) is 25.1 Å². The van der Waals surface area contributed by atoms with Gasteiger partial charge >= 0.3 is 5.97 Å². The van der Waals surface area contributed by atoms with Gasteiger partial charge in [-0.2, -0.15) is 0 Å². The molecule has 110 valence electrons. The number of nitrogens with one attached hydrogen (secondary N) is 2. The number of hydrogen-bond donors (Lipinski definition) is 2. The second-order valence-electron chi connectivity index (χ2n) is 4.36. The lowest BCUT2D eigenvalue weighted by Crippen LogP contribution is -2.28. The molecule has 0 saturated carbocycles. The van der Waals surface area contributed by atoms with Crippen molar-refractivity contribution in [3.8, 4) is 0 Å². The highest BCUT2D eigenvalue weighted by Crippen LogP contribution is 2.19. The quantitative estimate of drug-likeness (QED) is 0.669. The standard InChI is InChI=1S/C15H16N2O3S/c1-10-12(14(18)19-2)6-3-7-13(10)17-15(21)16-9-11-5-4-8-20-11/h3-8H,9H2,1-2H3,(H2,16,17,21). The van der Waals surface area contributed by atoms with Gasteiger partial charge in [-0.1, -0.05) is 6.07 Å². The molecule has 0 atom stereocenters. The molecule has 0 aliphatic heterocycles. The summed E-state index contributed by atoms with van der Waals surface area (Å²) in [5, 5.41) is 6.55. The Balaban J connectivity index is 2.02. The lowest BCUT2D eigenvalue weighted by Gasteiger charge is -2.13. The first kappa shape index (κ1) is 15.1. The zero-order chi connectivity index (χ0) is 15.2. The molecular formula is C15H16N2O3S. The first-order chi connectivity index (χ1) is 10.1. The Morgan fingerprint density at radius 3 is 2.81 bits per heavy atom. The number of thiocarbonyl (C=S) groups is 1. The monoisotopic (exact) mass is 304 g/mol. The number of methoxy groups -OCH3 is 1. The van der Waals surface area contributed by atoms with Crippen molar-refractivity contribution in [2.24, 2.45) is 0 Å². The SMILES string of the molecule is COC(=O)c1cccc(NC(=S)NCc2ccco2)c1C. The van der Waals surface area contributed by atoms with Crippen molar-refractivity contribution >= 4 is 29.0 Å². The van der Waals surface area contributed by atoms with E-state index in [1.54, 1.807) is 18.4 Å². The second kappa shape index (κ2) is 6.90. The average Bonchev–Trinajstić information content (AvgIpc) is 3.00. The van der Waals surface area contributed by atoms with Gasteiger partial charge in [-0.15, -0.1) is 0 Å². The van der Waals surface area contributed by atoms with Crippen molar-refractivity contribution in [3.63, 3.8) is 0 Å². The number of ether oxygens (including phenoxy) is 1. The van der Waals surface area contributed by atoms with Gasteiger partial charge in [-0.25, -0.2) is 4.79 Å². The first-order valence-electron chi connectivity index (χ1n) is 6.37. The topological polar surface area (TPSA) is 63.5 Å². The zero-order valence-electron chi connectivity index (χ0n) is 11.8. The van der Waals surface area contributed by atoms with Gasteiger partial charge < -0.3 is 19.8 Å². The molecule has 2 N–H and O–H groups in total. The molecule has 1 heterocycles. The molecule has 0 fully saturated rings. The van der Waals surface area contributed by atoms with E-state index in [0.29, 0.717) is 17.2 Å². The van der Waals surface area contributed by atoms with Crippen molar-refractivity contribution in [1.82, 2.24) is 5.32 Å². The molecule has 0 bridgehead atoms. The lowest BCUT2D eigenvalue weighted by molar-refractivity contribution is 0.0600. The predicted molar refractivity (Wildman–Crippen MR) is 84.3 cm³/mol. The average molecular weight is 304 g/mol. The number of benzene rings is 1. The predicted octanol–water partition coefficient (Wildman–Crippen LogP) is 2.86. The molecule has 5 nitrogen and oxygen atoms in total. The maximum Gasteiger partial charge on any atom is 0.338 e. The fraction of sp³-hybridized carbons (Fsp3) is 0.200. The summed E-state index contributed by atoms with van der Waals surface area (Å²) in [6.07, 6.45) is 1.61. The fourth-order valence-corrected chi connectivity index (χ4v) is 2.03. The molecule has 0 aliphatic rings. The Labute approximate surface area is 128 Å². The molecule has 0 unspecified atom stereocenters. The van der Waals surface area contributed by atoms with E-state index < -0.39 is 0 Å². The smallest absolute Gasteiger partial charge is 0.338 e. The minimum absolute atomic E-state index is 0.370.